The van der Waals surface area contributed by atoms with Gasteiger partial charge in [-0.25, -0.2) is 8.42 Å². The van der Waals surface area contributed by atoms with Crippen LogP contribution in [0.4, 0.5) is 5.69 Å². The van der Waals surface area contributed by atoms with Crippen molar-refractivity contribution in [2.24, 2.45) is 0 Å². The van der Waals surface area contributed by atoms with Gasteiger partial charge in [-0.3, -0.25) is 9.10 Å². The van der Waals surface area contributed by atoms with Crippen LogP contribution in [0.3, 0.4) is 0 Å². The third kappa shape index (κ3) is 7.23. The average Bonchev–Trinajstić information content (AvgIpc) is 2.61. The fraction of sp³-hybridized carbons (Fsp3) is 0.381. The van der Waals surface area contributed by atoms with Crippen molar-refractivity contribution in [3.63, 3.8) is 0 Å². The minimum Gasteiger partial charge on any atom is -0.492 e. The standard InChI is InChI=1S/C21H28N2O4S/c1-17-14-18(2)16-19(15-17)23(28(3,25)26)12-7-10-21(24)22-11-13-27-20-8-5-4-6-9-20/h4-6,8-9,14-16H,7,10-13H2,1-3H3,(H,22,24). The van der Waals surface area contributed by atoms with Crippen LogP contribution in [0.2, 0.25) is 0 Å². The van der Waals surface area contributed by atoms with E-state index in [4.69, 9.17) is 4.74 Å². The number of anilines is 1. The summed E-state index contributed by atoms with van der Waals surface area (Å²) >= 11 is 0. The number of sulfonamides is 1. The molecule has 0 bridgehead atoms. The first kappa shape index (κ1) is 21.8. The van der Waals surface area contributed by atoms with E-state index in [0.29, 0.717) is 25.3 Å². The van der Waals surface area contributed by atoms with Gasteiger partial charge in [0.25, 0.3) is 0 Å². The number of hydrogen-bond donors (Lipinski definition) is 1. The third-order valence-corrected chi connectivity index (χ3v) is 5.29. The molecule has 0 fully saturated rings. The van der Waals surface area contributed by atoms with Gasteiger partial charge in [0.05, 0.1) is 18.5 Å². The molecule has 2 rings (SSSR count). The van der Waals surface area contributed by atoms with Crippen LogP contribution in [0.1, 0.15) is 24.0 Å². The molecule has 0 saturated heterocycles. The summed E-state index contributed by atoms with van der Waals surface area (Å²) in [4.78, 5) is 12.0. The molecule has 152 valence electrons. The molecule has 0 heterocycles. The Balaban J connectivity index is 1.79. The molecule has 1 amide bonds. The highest BCUT2D eigenvalue weighted by Gasteiger charge is 2.18. The van der Waals surface area contributed by atoms with E-state index in [0.717, 1.165) is 16.9 Å². The van der Waals surface area contributed by atoms with Crippen LogP contribution < -0.4 is 14.4 Å². The second-order valence-corrected chi connectivity index (χ2v) is 8.70. The summed E-state index contributed by atoms with van der Waals surface area (Å²) in [6.45, 7) is 4.91. The monoisotopic (exact) mass is 404 g/mol. The lowest BCUT2D eigenvalue weighted by Gasteiger charge is -2.23. The third-order valence-electron chi connectivity index (χ3n) is 4.10. The molecule has 2 aromatic carbocycles. The van der Waals surface area contributed by atoms with Gasteiger partial charge in [0, 0.05) is 13.0 Å². The van der Waals surface area contributed by atoms with Crippen molar-refractivity contribution in [2.45, 2.75) is 26.7 Å². The number of nitrogens with one attached hydrogen (secondary N) is 1. The van der Waals surface area contributed by atoms with Crippen molar-refractivity contribution < 1.29 is 17.9 Å². The average molecular weight is 405 g/mol. The number of amides is 1. The number of benzene rings is 2. The Bertz CT molecular complexity index is 862. The van der Waals surface area contributed by atoms with Gasteiger partial charge in [-0.2, -0.15) is 0 Å². The molecule has 1 N–H and O–H groups in total. The highest BCUT2D eigenvalue weighted by molar-refractivity contribution is 7.92. The van der Waals surface area contributed by atoms with E-state index in [2.05, 4.69) is 5.32 Å². The number of ether oxygens (including phenoxy) is 1. The minimum absolute atomic E-state index is 0.120. The largest absolute Gasteiger partial charge is 0.492 e. The molecule has 6 nitrogen and oxygen atoms in total. The maximum absolute atomic E-state index is 12.2. The molecule has 0 aromatic heterocycles. The molecular formula is C21H28N2O4S. The Kier molecular flexibility index (Phi) is 7.87. The fourth-order valence-corrected chi connectivity index (χ4v) is 3.88. The molecule has 0 aliphatic rings. The molecule has 0 saturated carbocycles. The van der Waals surface area contributed by atoms with Gasteiger partial charge in [0.1, 0.15) is 12.4 Å². The van der Waals surface area contributed by atoms with Crippen LogP contribution in [0.25, 0.3) is 0 Å². The van der Waals surface area contributed by atoms with E-state index in [9.17, 15) is 13.2 Å². The Hall–Kier alpha value is -2.54. The molecular weight excluding hydrogens is 376 g/mol. The zero-order valence-corrected chi connectivity index (χ0v) is 17.5. The summed E-state index contributed by atoms with van der Waals surface area (Å²) in [5.41, 5.74) is 2.64. The van der Waals surface area contributed by atoms with Gasteiger partial charge < -0.3 is 10.1 Å². The van der Waals surface area contributed by atoms with Crippen LogP contribution in [0, 0.1) is 13.8 Å². The van der Waals surface area contributed by atoms with Crippen molar-refractivity contribution in [2.75, 3.05) is 30.3 Å². The predicted octanol–water partition coefficient (Wildman–Crippen LogP) is 3.04. The van der Waals surface area contributed by atoms with Crippen LogP contribution in [-0.4, -0.2) is 40.3 Å². The van der Waals surface area contributed by atoms with Crippen LogP contribution >= 0.6 is 0 Å². The molecule has 2 aromatic rings. The first-order valence-electron chi connectivity index (χ1n) is 9.26. The first-order chi connectivity index (χ1) is 13.3. The quantitative estimate of drug-likeness (QED) is 0.618. The number of rotatable bonds is 10. The normalized spacial score (nSPS) is 11.1. The van der Waals surface area contributed by atoms with E-state index >= 15 is 0 Å². The predicted molar refractivity (Wildman–Crippen MR) is 112 cm³/mol. The van der Waals surface area contributed by atoms with Crippen LogP contribution in [0.15, 0.2) is 48.5 Å². The smallest absolute Gasteiger partial charge is 0.232 e. The Morgan fingerprint density at radius 2 is 1.71 bits per heavy atom. The summed E-state index contributed by atoms with van der Waals surface area (Å²) in [7, 11) is -3.42. The number of para-hydroxylation sites is 1. The highest BCUT2D eigenvalue weighted by atomic mass is 32.2. The number of hydrogen-bond acceptors (Lipinski definition) is 4. The summed E-state index contributed by atoms with van der Waals surface area (Å²) < 4.78 is 31.3. The second-order valence-electron chi connectivity index (χ2n) is 6.80. The number of aryl methyl sites for hydroxylation is 2. The minimum atomic E-state index is -3.42. The first-order valence-corrected chi connectivity index (χ1v) is 11.1. The second kappa shape index (κ2) is 10.1. The lowest BCUT2D eigenvalue weighted by Crippen LogP contribution is -2.33. The van der Waals surface area contributed by atoms with E-state index in [1.807, 2.05) is 62.4 Å². The van der Waals surface area contributed by atoms with E-state index in [1.165, 1.54) is 10.6 Å². The van der Waals surface area contributed by atoms with Gasteiger partial charge in [0.2, 0.25) is 15.9 Å². The molecule has 0 aliphatic carbocycles. The lowest BCUT2D eigenvalue weighted by molar-refractivity contribution is -0.121. The zero-order valence-electron chi connectivity index (χ0n) is 16.6. The van der Waals surface area contributed by atoms with Gasteiger partial charge >= 0.3 is 0 Å². The van der Waals surface area contributed by atoms with Gasteiger partial charge in [-0.1, -0.05) is 24.3 Å². The van der Waals surface area contributed by atoms with Crippen molar-refractivity contribution in [3.8, 4) is 5.75 Å². The summed E-state index contributed by atoms with van der Waals surface area (Å²) in [6.07, 6.45) is 1.87. The topological polar surface area (TPSA) is 75.7 Å². The lowest BCUT2D eigenvalue weighted by atomic mass is 10.1. The fourth-order valence-electron chi connectivity index (χ4n) is 2.93. The zero-order chi connectivity index (χ0) is 20.6. The van der Waals surface area contributed by atoms with E-state index in [1.54, 1.807) is 0 Å². The molecule has 0 aliphatic heterocycles. The summed E-state index contributed by atoms with van der Waals surface area (Å²) in [5.74, 6) is 0.638. The summed E-state index contributed by atoms with van der Waals surface area (Å²) in [5, 5.41) is 2.79. The van der Waals surface area contributed by atoms with Gasteiger partial charge in [0.15, 0.2) is 0 Å². The van der Waals surface area contributed by atoms with E-state index < -0.39 is 10.0 Å². The van der Waals surface area contributed by atoms with Gasteiger partial charge in [-0.05, 0) is 55.7 Å². The van der Waals surface area contributed by atoms with Crippen molar-refractivity contribution in [1.29, 1.82) is 0 Å². The Labute approximate surface area is 167 Å². The SMILES string of the molecule is Cc1cc(C)cc(N(CCCC(=O)NCCOc2ccccc2)S(C)(=O)=O)c1. The van der Waals surface area contributed by atoms with Crippen LogP contribution in [-0.2, 0) is 14.8 Å². The molecule has 0 radical (unpaired) electrons. The number of carbonyl (C=O) groups excluding carboxylic acids is 1. The van der Waals surface area contributed by atoms with Crippen molar-refractivity contribution in [3.05, 3.63) is 59.7 Å². The van der Waals surface area contributed by atoms with Gasteiger partial charge in [-0.15, -0.1) is 0 Å². The molecule has 7 heteroatoms. The van der Waals surface area contributed by atoms with E-state index in [-0.39, 0.29) is 18.9 Å². The molecule has 0 atom stereocenters. The Morgan fingerprint density at radius 3 is 2.32 bits per heavy atom. The van der Waals surface area contributed by atoms with Crippen molar-refractivity contribution in [1.82, 2.24) is 5.32 Å². The Morgan fingerprint density at radius 1 is 1.07 bits per heavy atom. The van der Waals surface area contributed by atoms with Crippen molar-refractivity contribution >= 4 is 21.6 Å². The molecule has 0 spiro atoms. The molecule has 28 heavy (non-hydrogen) atoms. The highest BCUT2D eigenvalue weighted by Crippen LogP contribution is 2.21. The van der Waals surface area contributed by atoms with Crippen LogP contribution in [0.5, 0.6) is 5.75 Å². The number of carbonyl (C=O) groups is 1. The molecule has 0 unspecified atom stereocenters. The maximum atomic E-state index is 12.2. The maximum Gasteiger partial charge on any atom is 0.232 e. The summed E-state index contributed by atoms with van der Waals surface area (Å²) in [6, 6.07) is 15.1. The number of nitrogens with zero attached hydrogens (tertiary/aromatic N) is 1.